The molecule has 0 bridgehead atoms. The van der Waals surface area contributed by atoms with Crippen molar-refractivity contribution >= 4 is 45.5 Å². The molecule has 1 heterocycles. The lowest BCUT2D eigenvalue weighted by molar-refractivity contribution is -0.156. The predicted molar refractivity (Wildman–Crippen MR) is 160 cm³/mol. The Balaban J connectivity index is 2.14. The first kappa shape index (κ1) is 32.1. The van der Waals surface area contributed by atoms with Gasteiger partial charge < -0.3 is 30.6 Å². The molecule has 2 amide bonds. The van der Waals surface area contributed by atoms with Crippen molar-refractivity contribution in [3.8, 4) is 0 Å². The number of amides is 2. The first-order valence-corrected chi connectivity index (χ1v) is 15.2. The van der Waals surface area contributed by atoms with E-state index >= 15 is 4.39 Å². The Bertz CT molecular complexity index is 1710. The Morgan fingerprint density at radius 2 is 1.70 bits per heavy atom. The van der Waals surface area contributed by atoms with Gasteiger partial charge in [0.05, 0.1) is 33.1 Å². The van der Waals surface area contributed by atoms with Crippen LogP contribution >= 0.6 is 0 Å². The smallest absolute Gasteiger partial charge is 0.337 e. The van der Waals surface area contributed by atoms with Crippen molar-refractivity contribution in [2.45, 2.75) is 61.4 Å². The summed E-state index contributed by atoms with van der Waals surface area (Å²) < 4.78 is 49.9. The van der Waals surface area contributed by atoms with E-state index in [0.717, 1.165) is 12.1 Å². The summed E-state index contributed by atoms with van der Waals surface area (Å²) in [6.45, 7) is 4.80. The van der Waals surface area contributed by atoms with Gasteiger partial charge in [0.1, 0.15) is 23.7 Å². The van der Waals surface area contributed by atoms with Gasteiger partial charge in [-0.15, -0.1) is 0 Å². The number of aromatic carboxylic acids is 1. The van der Waals surface area contributed by atoms with Crippen molar-refractivity contribution in [2.24, 2.45) is 5.73 Å². The first-order valence-electron chi connectivity index (χ1n) is 13.6. The molecule has 3 unspecified atom stereocenters. The van der Waals surface area contributed by atoms with Crippen molar-refractivity contribution < 1.29 is 41.8 Å². The molecule has 11 nitrogen and oxygen atoms in total. The van der Waals surface area contributed by atoms with E-state index in [1.165, 1.54) is 53.4 Å². The van der Waals surface area contributed by atoms with E-state index in [9.17, 15) is 32.7 Å². The summed E-state index contributed by atoms with van der Waals surface area (Å²) in [5.41, 5.74) is 3.36. The van der Waals surface area contributed by atoms with Gasteiger partial charge in [-0.3, -0.25) is 0 Å². The van der Waals surface area contributed by atoms with Crippen LogP contribution in [0.25, 0.3) is 0 Å². The van der Waals surface area contributed by atoms with Gasteiger partial charge in [0.25, 0.3) is 0 Å². The zero-order chi connectivity index (χ0) is 32.4. The quantitative estimate of drug-likeness (QED) is 0.232. The number of urea groups is 1. The topological polar surface area (TPSA) is 173 Å². The molecule has 44 heavy (non-hydrogen) atoms. The number of nitrogens with one attached hydrogen (secondary N) is 1. The van der Waals surface area contributed by atoms with Crippen LogP contribution in [0.5, 0.6) is 0 Å². The molecule has 1 aliphatic rings. The molecule has 0 aliphatic carbocycles. The maximum absolute atomic E-state index is 15.7. The van der Waals surface area contributed by atoms with Crippen molar-refractivity contribution in [3.63, 3.8) is 0 Å². The first-order chi connectivity index (χ1) is 20.7. The van der Waals surface area contributed by atoms with E-state index in [-0.39, 0.29) is 33.8 Å². The van der Waals surface area contributed by atoms with Gasteiger partial charge in [-0.1, -0.05) is 42.5 Å². The van der Waals surface area contributed by atoms with Crippen molar-refractivity contribution in [2.75, 3.05) is 10.2 Å². The fourth-order valence-corrected chi connectivity index (χ4v) is 7.39. The third-order valence-electron chi connectivity index (χ3n) is 7.12. The standard InChI is InChI=1S/C31H32FN3O8S/c1-31(2,3)43-29(39)23-17-24(44(41,42)19-9-5-4-6-10-19)26(20-11-7-8-12-22(20)32)35(23)27-21(28(37)38)14-13-18(15-16-36)25(27)34-30(33)40/h4-14,16,23-24,26H,15,17H2,1-3H3,(H,37,38)(H3,33,34,40). The number of nitrogens with zero attached hydrogens (tertiary/aromatic N) is 1. The highest BCUT2D eigenvalue weighted by Gasteiger charge is 2.54. The van der Waals surface area contributed by atoms with E-state index < -0.39 is 68.5 Å². The van der Waals surface area contributed by atoms with Gasteiger partial charge in [0, 0.05) is 12.0 Å². The molecule has 13 heteroatoms. The Labute approximate surface area is 253 Å². The molecule has 4 rings (SSSR count). The van der Waals surface area contributed by atoms with Crippen molar-refractivity contribution in [1.82, 2.24) is 0 Å². The van der Waals surface area contributed by atoms with Crippen LogP contribution in [0.3, 0.4) is 0 Å². The lowest BCUT2D eigenvalue weighted by Crippen LogP contribution is -2.43. The molecule has 0 radical (unpaired) electrons. The average molecular weight is 626 g/mol. The number of carbonyl (C=O) groups excluding carboxylic acids is 3. The van der Waals surface area contributed by atoms with Gasteiger partial charge >= 0.3 is 18.0 Å². The van der Waals surface area contributed by atoms with E-state index in [2.05, 4.69) is 5.32 Å². The van der Waals surface area contributed by atoms with Gasteiger partial charge in [0.15, 0.2) is 9.84 Å². The maximum atomic E-state index is 15.7. The van der Waals surface area contributed by atoms with Crippen LogP contribution in [0.15, 0.2) is 71.6 Å². The summed E-state index contributed by atoms with van der Waals surface area (Å²) >= 11 is 0. The average Bonchev–Trinajstić information content (AvgIpc) is 3.34. The second-order valence-electron chi connectivity index (χ2n) is 11.2. The number of hydrogen-bond acceptors (Lipinski definition) is 8. The molecule has 1 saturated heterocycles. The number of benzene rings is 3. The second kappa shape index (κ2) is 12.4. The summed E-state index contributed by atoms with van der Waals surface area (Å²) in [5.74, 6) is -3.23. The number of anilines is 2. The Morgan fingerprint density at radius 1 is 1.07 bits per heavy atom. The number of carbonyl (C=O) groups is 4. The highest BCUT2D eigenvalue weighted by molar-refractivity contribution is 7.92. The lowest BCUT2D eigenvalue weighted by Gasteiger charge is -2.36. The van der Waals surface area contributed by atoms with E-state index in [0.29, 0.717) is 6.29 Å². The van der Waals surface area contributed by atoms with Crippen LogP contribution in [0.2, 0.25) is 0 Å². The van der Waals surface area contributed by atoms with Crippen LogP contribution in [-0.2, 0) is 30.6 Å². The number of hydrogen-bond donors (Lipinski definition) is 3. The fourth-order valence-electron chi connectivity index (χ4n) is 5.45. The Hall–Kier alpha value is -4.78. The van der Waals surface area contributed by atoms with E-state index in [4.69, 9.17) is 10.5 Å². The molecular weight excluding hydrogens is 593 g/mol. The number of halogens is 1. The van der Waals surface area contributed by atoms with Crippen LogP contribution in [0.1, 0.15) is 54.7 Å². The van der Waals surface area contributed by atoms with Gasteiger partial charge in [-0.05, 0) is 57.0 Å². The van der Waals surface area contributed by atoms with Gasteiger partial charge in [0.2, 0.25) is 0 Å². The summed E-state index contributed by atoms with van der Waals surface area (Å²) in [6.07, 6.45) is -0.222. The molecule has 232 valence electrons. The van der Waals surface area contributed by atoms with Crippen LogP contribution in [-0.4, -0.2) is 54.7 Å². The molecule has 0 aromatic heterocycles. The fraction of sp³-hybridized carbons (Fsp3) is 0.290. The number of aldehydes is 1. The number of carboxylic acid groups (broad SMARTS) is 1. The van der Waals surface area contributed by atoms with E-state index in [1.54, 1.807) is 26.8 Å². The molecular formula is C31H32FN3O8S. The number of rotatable bonds is 9. The second-order valence-corrected chi connectivity index (χ2v) is 13.4. The lowest BCUT2D eigenvalue weighted by atomic mass is 9.98. The normalized spacial score (nSPS) is 18.5. The Kier molecular flexibility index (Phi) is 9.09. The SMILES string of the molecule is CC(C)(C)OC(=O)C1CC(S(=O)(=O)c2ccccc2)C(c2ccccc2F)N1c1c(C(=O)O)ccc(CC=O)c1NC(N)=O. The number of carboxylic acids is 1. The van der Waals surface area contributed by atoms with Crippen LogP contribution < -0.4 is 16.0 Å². The molecule has 3 atom stereocenters. The molecule has 4 N–H and O–H groups in total. The molecule has 0 saturated carbocycles. The third-order valence-corrected chi connectivity index (χ3v) is 9.30. The van der Waals surface area contributed by atoms with Crippen molar-refractivity contribution in [3.05, 3.63) is 89.2 Å². The number of primary amides is 1. The Morgan fingerprint density at radius 3 is 2.27 bits per heavy atom. The number of sulfone groups is 1. The monoisotopic (exact) mass is 625 g/mol. The highest BCUT2D eigenvalue weighted by Crippen LogP contribution is 2.50. The van der Waals surface area contributed by atoms with Crippen LogP contribution in [0, 0.1) is 5.82 Å². The number of esters is 1. The van der Waals surface area contributed by atoms with E-state index in [1.807, 2.05) is 0 Å². The largest absolute Gasteiger partial charge is 0.478 e. The third kappa shape index (κ3) is 6.42. The minimum Gasteiger partial charge on any atom is -0.478 e. The van der Waals surface area contributed by atoms with Crippen molar-refractivity contribution in [1.29, 1.82) is 0 Å². The van der Waals surface area contributed by atoms with Gasteiger partial charge in [-0.2, -0.15) is 0 Å². The van der Waals surface area contributed by atoms with Gasteiger partial charge in [-0.25, -0.2) is 27.2 Å². The molecule has 1 aliphatic heterocycles. The maximum Gasteiger partial charge on any atom is 0.337 e. The zero-order valence-electron chi connectivity index (χ0n) is 24.2. The number of nitrogens with two attached hydrogens (primary N) is 1. The predicted octanol–water partition coefficient (Wildman–Crippen LogP) is 4.26. The summed E-state index contributed by atoms with van der Waals surface area (Å²) in [7, 11) is -4.32. The van der Waals surface area contributed by atoms with Crippen LogP contribution in [0.4, 0.5) is 20.6 Å². The minimum atomic E-state index is -4.32. The molecule has 3 aromatic rings. The summed E-state index contributed by atoms with van der Waals surface area (Å²) in [6, 6.07) is 11.1. The molecule has 1 fully saturated rings. The zero-order valence-corrected chi connectivity index (χ0v) is 25.0. The minimum absolute atomic E-state index is 0.0974. The number of ether oxygens (including phenoxy) is 1. The summed E-state index contributed by atoms with van der Waals surface area (Å²) in [5, 5.41) is 11.1. The molecule has 3 aromatic carbocycles. The highest BCUT2D eigenvalue weighted by atomic mass is 32.2. The molecule has 0 spiro atoms. The summed E-state index contributed by atoms with van der Waals surface area (Å²) in [4.78, 5) is 51.4.